The number of carbonyl (C=O) groups is 1. The number of alkyl halides is 1. The number of amides is 1. The molecule has 19 heavy (non-hydrogen) atoms. The Kier molecular flexibility index (Phi) is 4.66. The first-order valence-corrected chi connectivity index (χ1v) is 7.84. The number of carbonyl (C=O) groups excluding carboxylic acids is 1. The molecule has 2 rings (SSSR count). The molecule has 1 N–H and O–H groups in total. The highest BCUT2D eigenvalue weighted by molar-refractivity contribution is 9.11. The summed E-state index contributed by atoms with van der Waals surface area (Å²) in [4.78, 5) is 12.9. The van der Waals surface area contributed by atoms with Crippen LogP contribution in [0.4, 0.5) is 5.69 Å². The van der Waals surface area contributed by atoms with Gasteiger partial charge >= 0.3 is 0 Å². The highest BCUT2D eigenvalue weighted by Crippen LogP contribution is 2.30. The number of rotatable bonds is 3. The Morgan fingerprint density at radius 3 is 2.68 bits per heavy atom. The number of hydrogen-bond donors (Lipinski definition) is 1. The van der Waals surface area contributed by atoms with Crippen LogP contribution in [0.3, 0.4) is 0 Å². The van der Waals surface area contributed by atoms with Crippen molar-refractivity contribution in [2.24, 2.45) is 0 Å². The summed E-state index contributed by atoms with van der Waals surface area (Å²) in [6.45, 7) is 3.85. The Labute approximate surface area is 129 Å². The molecule has 0 bridgehead atoms. The summed E-state index contributed by atoms with van der Waals surface area (Å²) in [7, 11) is 0. The molecular weight excluding hydrogens is 346 g/mol. The Morgan fingerprint density at radius 1 is 1.42 bits per heavy atom. The lowest BCUT2D eigenvalue weighted by atomic mass is 10.1. The highest BCUT2D eigenvalue weighted by Gasteiger charge is 2.14. The molecule has 1 aromatic heterocycles. The molecule has 0 aliphatic heterocycles. The molecule has 100 valence electrons. The van der Waals surface area contributed by atoms with E-state index in [4.69, 9.17) is 11.6 Å². The molecule has 1 heterocycles. The summed E-state index contributed by atoms with van der Waals surface area (Å²) in [5, 5.41) is 2.77. The lowest BCUT2D eigenvalue weighted by molar-refractivity contribution is 0.103. The second-order valence-corrected chi connectivity index (χ2v) is 7.25. The van der Waals surface area contributed by atoms with Crippen LogP contribution in [0.25, 0.3) is 0 Å². The van der Waals surface area contributed by atoms with Gasteiger partial charge in [0.15, 0.2) is 0 Å². The Balaban J connectivity index is 2.24. The monoisotopic (exact) mass is 357 g/mol. The average Bonchev–Trinajstić information content (AvgIpc) is 2.70. The van der Waals surface area contributed by atoms with E-state index < -0.39 is 0 Å². The molecule has 1 unspecified atom stereocenters. The minimum Gasteiger partial charge on any atom is -0.321 e. The molecule has 1 aromatic carbocycles. The molecule has 5 heteroatoms. The smallest absolute Gasteiger partial charge is 0.265 e. The third kappa shape index (κ3) is 3.38. The van der Waals surface area contributed by atoms with Crippen molar-refractivity contribution in [2.45, 2.75) is 19.2 Å². The summed E-state index contributed by atoms with van der Waals surface area (Å²) < 4.78 is 0.983. The van der Waals surface area contributed by atoms with Crippen molar-refractivity contribution in [2.75, 3.05) is 5.32 Å². The number of thiophene rings is 1. The van der Waals surface area contributed by atoms with Crippen molar-refractivity contribution in [1.82, 2.24) is 0 Å². The number of nitrogens with one attached hydrogen (secondary N) is 1. The fourth-order valence-electron chi connectivity index (χ4n) is 1.71. The van der Waals surface area contributed by atoms with Crippen LogP contribution < -0.4 is 5.32 Å². The Morgan fingerprint density at radius 2 is 2.11 bits per heavy atom. The zero-order valence-electron chi connectivity index (χ0n) is 10.5. The number of anilines is 1. The van der Waals surface area contributed by atoms with E-state index in [9.17, 15) is 4.79 Å². The zero-order valence-corrected chi connectivity index (χ0v) is 13.7. The molecule has 0 saturated heterocycles. The first-order valence-electron chi connectivity index (χ1n) is 5.79. The highest BCUT2D eigenvalue weighted by atomic mass is 79.9. The van der Waals surface area contributed by atoms with Gasteiger partial charge in [-0.2, -0.15) is 0 Å². The maximum Gasteiger partial charge on any atom is 0.265 e. The van der Waals surface area contributed by atoms with Gasteiger partial charge in [0.25, 0.3) is 5.91 Å². The van der Waals surface area contributed by atoms with Crippen molar-refractivity contribution in [3.63, 3.8) is 0 Å². The zero-order chi connectivity index (χ0) is 14.0. The molecular formula is C14H13BrClNOS. The van der Waals surface area contributed by atoms with Gasteiger partial charge in [-0.15, -0.1) is 22.9 Å². The van der Waals surface area contributed by atoms with E-state index in [1.165, 1.54) is 11.3 Å². The number of halogens is 2. The third-order valence-electron chi connectivity index (χ3n) is 2.72. The third-order valence-corrected chi connectivity index (χ3v) is 5.09. The molecule has 0 radical (unpaired) electrons. The van der Waals surface area contributed by atoms with Gasteiger partial charge in [0.1, 0.15) is 0 Å². The Bertz CT molecular complexity index is 590. The standard InChI is InChI=1S/C14H13BrClNOS/c1-8-7-12(19-13(8)15)14(18)17-11-6-4-3-5-10(11)9(2)16/h3-7,9H,1-2H3,(H,17,18). The number of aryl methyl sites for hydroxylation is 1. The maximum atomic E-state index is 12.2. The van der Waals surface area contributed by atoms with Gasteiger partial charge < -0.3 is 5.32 Å². The normalized spacial score (nSPS) is 12.2. The number of benzene rings is 1. The largest absolute Gasteiger partial charge is 0.321 e. The van der Waals surface area contributed by atoms with Crippen LogP contribution >= 0.6 is 38.9 Å². The summed E-state index contributed by atoms with van der Waals surface area (Å²) in [6.07, 6.45) is 0. The van der Waals surface area contributed by atoms with Crippen molar-refractivity contribution in [1.29, 1.82) is 0 Å². The van der Waals surface area contributed by atoms with E-state index in [1.54, 1.807) is 0 Å². The first kappa shape index (κ1) is 14.6. The van der Waals surface area contributed by atoms with E-state index in [1.807, 2.05) is 44.2 Å². The molecule has 2 aromatic rings. The molecule has 0 fully saturated rings. The average molecular weight is 359 g/mol. The van der Waals surface area contributed by atoms with E-state index >= 15 is 0 Å². The van der Waals surface area contributed by atoms with E-state index in [-0.39, 0.29) is 11.3 Å². The van der Waals surface area contributed by atoms with Crippen LogP contribution in [-0.2, 0) is 0 Å². The molecule has 0 saturated carbocycles. The molecule has 1 atom stereocenters. The van der Waals surface area contributed by atoms with Gasteiger partial charge in [0.2, 0.25) is 0 Å². The SMILES string of the molecule is Cc1cc(C(=O)Nc2ccccc2C(C)Cl)sc1Br. The van der Waals surface area contributed by atoms with Gasteiger partial charge in [-0.1, -0.05) is 18.2 Å². The number of hydrogen-bond acceptors (Lipinski definition) is 2. The lowest BCUT2D eigenvalue weighted by Crippen LogP contribution is -2.11. The first-order chi connectivity index (χ1) is 8.99. The van der Waals surface area contributed by atoms with Crippen LogP contribution in [0, 0.1) is 6.92 Å². The molecule has 0 aliphatic rings. The van der Waals surface area contributed by atoms with Gasteiger partial charge in [0.05, 0.1) is 14.0 Å². The van der Waals surface area contributed by atoms with Crippen molar-refractivity contribution >= 4 is 50.5 Å². The number of para-hydroxylation sites is 1. The van der Waals surface area contributed by atoms with Crippen molar-refractivity contribution in [3.05, 3.63) is 50.1 Å². The van der Waals surface area contributed by atoms with Crippen LogP contribution in [0.1, 0.15) is 33.1 Å². The predicted molar refractivity (Wildman–Crippen MR) is 85.4 cm³/mol. The fourth-order valence-corrected chi connectivity index (χ4v) is 3.33. The van der Waals surface area contributed by atoms with Crippen molar-refractivity contribution < 1.29 is 4.79 Å². The second kappa shape index (κ2) is 6.07. The van der Waals surface area contributed by atoms with Gasteiger partial charge in [-0.05, 0) is 53.0 Å². The molecule has 0 spiro atoms. The van der Waals surface area contributed by atoms with E-state index in [2.05, 4.69) is 21.2 Å². The quantitative estimate of drug-likeness (QED) is 0.734. The van der Waals surface area contributed by atoms with Crippen LogP contribution in [0.5, 0.6) is 0 Å². The van der Waals surface area contributed by atoms with Gasteiger partial charge in [0, 0.05) is 5.69 Å². The van der Waals surface area contributed by atoms with E-state index in [0.29, 0.717) is 4.88 Å². The summed E-state index contributed by atoms with van der Waals surface area (Å²) in [5.74, 6) is -0.108. The molecule has 0 aliphatic carbocycles. The lowest BCUT2D eigenvalue weighted by Gasteiger charge is -2.11. The predicted octanol–water partition coefficient (Wildman–Crippen LogP) is 5.37. The second-order valence-electron chi connectivity index (χ2n) is 4.22. The minimum atomic E-state index is -0.145. The van der Waals surface area contributed by atoms with Crippen LogP contribution in [-0.4, -0.2) is 5.91 Å². The minimum absolute atomic E-state index is 0.108. The van der Waals surface area contributed by atoms with E-state index in [0.717, 1.165) is 20.6 Å². The van der Waals surface area contributed by atoms with Gasteiger partial charge in [-0.3, -0.25) is 4.79 Å². The summed E-state index contributed by atoms with van der Waals surface area (Å²) in [5.41, 5.74) is 2.75. The van der Waals surface area contributed by atoms with Crippen molar-refractivity contribution in [3.8, 4) is 0 Å². The van der Waals surface area contributed by atoms with Crippen LogP contribution in [0.2, 0.25) is 0 Å². The van der Waals surface area contributed by atoms with Crippen LogP contribution in [0.15, 0.2) is 34.1 Å². The summed E-state index contributed by atoms with van der Waals surface area (Å²) >= 11 is 11.0. The molecule has 2 nitrogen and oxygen atoms in total. The Hall–Kier alpha value is -0.840. The topological polar surface area (TPSA) is 29.1 Å². The fraction of sp³-hybridized carbons (Fsp3) is 0.214. The summed E-state index contributed by atoms with van der Waals surface area (Å²) in [6, 6.07) is 9.45. The van der Waals surface area contributed by atoms with Gasteiger partial charge in [-0.25, -0.2) is 0 Å². The molecule has 1 amide bonds. The maximum absolute atomic E-state index is 12.2.